The summed E-state index contributed by atoms with van der Waals surface area (Å²) in [4.78, 5) is 23.2. The van der Waals surface area contributed by atoms with Crippen molar-refractivity contribution in [3.8, 4) is 0 Å². The predicted octanol–water partition coefficient (Wildman–Crippen LogP) is -0.787. The van der Waals surface area contributed by atoms with Gasteiger partial charge in [0.25, 0.3) is 5.56 Å². The molecule has 4 unspecified atom stereocenters. The standard InChI is InChI=1S/C18H21N5O5/c1-8-2-4-9(5-3-8)6-11-20-12-15(21-18(19)22-16(12)27)23(11)17-14(26)13(25)10(7-24)28-17/h2-5,10,13-14,17,24-26H,6-7H2,1H3,(H3,19,21,22,27). The SMILES string of the molecule is Cc1ccc(Cc2nc3c(=O)[nH]c(N)nc3n2C2OC(CO)C(O)C2O)cc1. The van der Waals surface area contributed by atoms with Crippen molar-refractivity contribution in [2.75, 3.05) is 12.3 Å². The van der Waals surface area contributed by atoms with Gasteiger partial charge in [-0.15, -0.1) is 0 Å². The maximum Gasteiger partial charge on any atom is 0.280 e. The molecule has 3 aromatic rings. The van der Waals surface area contributed by atoms with Crippen LogP contribution in [0.15, 0.2) is 29.1 Å². The molecular weight excluding hydrogens is 366 g/mol. The summed E-state index contributed by atoms with van der Waals surface area (Å²) in [5.74, 6) is 0.310. The van der Waals surface area contributed by atoms with Crippen LogP contribution < -0.4 is 11.3 Å². The number of aliphatic hydroxyl groups is 3. The van der Waals surface area contributed by atoms with Crippen LogP contribution in [0.3, 0.4) is 0 Å². The quantitative estimate of drug-likeness (QED) is 0.389. The van der Waals surface area contributed by atoms with E-state index in [2.05, 4.69) is 15.0 Å². The van der Waals surface area contributed by atoms with E-state index < -0.39 is 36.7 Å². The minimum absolute atomic E-state index is 0.0500. The Morgan fingerprint density at radius 2 is 1.93 bits per heavy atom. The average Bonchev–Trinajstić information content (AvgIpc) is 3.15. The topological polar surface area (TPSA) is 160 Å². The number of benzene rings is 1. The second kappa shape index (κ2) is 6.99. The summed E-state index contributed by atoms with van der Waals surface area (Å²) in [5.41, 5.74) is 7.39. The van der Waals surface area contributed by atoms with E-state index in [0.29, 0.717) is 12.2 Å². The zero-order chi connectivity index (χ0) is 20.0. The number of imidazole rings is 1. The summed E-state index contributed by atoms with van der Waals surface area (Å²) < 4.78 is 7.11. The Morgan fingerprint density at radius 3 is 2.57 bits per heavy atom. The second-order valence-corrected chi connectivity index (χ2v) is 6.91. The maximum atomic E-state index is 12.3. The van der Waals surface area contributed by atoms with Gasteiger partial charge in [-0.2, -0.15) is 4.98 Å². The van der Waals surface area contributed by atoms with E-state index in [1.807, 2.05) is 31.2 Å². The Morgan fingerprint density at radius 1 is 1.21 bits per heavy atom. The smallest absolute Gasteiger partial charge is 0.280 e. The largest absolute Gasteiger partial charge is 0.394 e. The molecule has 6 N–H and O–H groups in total. The first-order valence-corrected chi connectivity index (χ1v) is 8.83. The minimum atomic E-state index is -1.34. The molecular formula is C18H21N5O5. The van der Waals surface area contributed by atoms with Crippen LogP contribution in [0.5, 0.6) is 0 Å². The van der Waals surface area contributed by atoms with Crippen LogP contribution in [0, 0.1) is 6.92 Å². The molecule has 0 amide bonds. The monoisotopic (exact) mass is 387 g/mol. The zero-order valence-corrected chi connectivity index (χ0v) is 15.1. The first-order chi connectivity index (χ1) is 13.4. The Labute approximate surface area is 159 Å². The Kier molecular flexibility index (Phi) is 4.63. The molecule has 0 radical (unpaired) electrons. The van der Waals surface area contributed by atoms with E-state index in [1.54, 1.807) is 0 Å². The number of anilines is 1. The molecule has 10 nitrogen and oxygen atoms in total. The molecule has 1 fully saturated rings. The summed E-state index contributed by atoms with van der Waals surface area (Å²) >= 11 is 0. The lowest BCUT2D eigenvalue weighted by Gasteiger charge is -2.19. The van der Waals surface area contributed by atoms with Crippen molar-refractivity contribution in [2.45, 2.75) is 37.9 Å². The molecule has 10 heteroatoms. The molecule has 2 aromatic heterocycles. The molecule has 1 saturated heterocycles. The van der Waals surface area contributed by atoms with Crippen molar-refractivity contribution in [3.63, 3.8) is 0 Å². The lowest BCUT2D eigenvalue weighted by molar-refractivity contribution is -0.0521. The van der Waals surface area contributed by atoms with Gasteiger partial charge in [-0.3, -0.25) is 14.3 Å². The normalized spacial score (nSPS) is 24.9. The van der Waals surface area contributed by atoms with Gasteiger partial charge >= 0.3 is 0 Å². The van der Waals surface area contributed by atoms with Crippen LogP contribution in [0.4, 0.5) is 5.95 Å². The predicted molar refractivity (Wildman–Crippen MR) is 99.6 cm³/mol. The van der Waals surface area contributed by atoms with Crippen molar-refractivity contribution in [1.82, 2.24) is 19.5 Å². The molecule has 1 aromatic carbocycles. The lowest BCUT2D eigenvalue weighted by Crippen LogP contribution is -2.33. The Balaban J connectivity index is 1.87. The molecule has 148 valence electrons. The zero-order valence-electron chi connectivity index (χ0n) is 15.1. The number of aliphatic hydroxyl groups excluding tert-OH is 3. The summed E-state index contributed by atoms with van der Waals surface area (Å²) in [7, 11) is 0. The molecule has 1 aliphatic heterocycles. The molecule has 3 heterocycles. The maximum absolute atomic E-state index is 12.3. The second-order valence-electron chi connectivity index (χ2n) is 6.91. The van der Waals surface area contributed by atoms with Gasteiger partial charge in [-0.25, -0.2) is 4.98 Å². The van der Waals surface area contributed by atoms with Crippen molar-refractivity contribution < 1.29 is 20.1 Å². The first-order valence-electron chi connectivity index (χ1n) is 8.83. The summed E-state index contributed by atoms with van der Waals surface area (Å²) in [6.07, 6.45) is -4.34. The molecule has 0 bridgehead atoms. The molecule has 0 aliphatic carbocycles. The number of H-pyrrole nitrogens is 1. The number of hydrogen-bond acceptors (Lipinski definition) is 8. The molecule has 28 heavy (non-hydrogen) atoms. The van der Waals surface area contributed by atoms with Gasteiger partial charge in [0, 0.05) is 6.42 Å². The minimum Gasteiger partial charge on any atom is -0.394 e. The third-order valence-corrected chi connectivity index (χ3v) is 4.90. The van der Waals surface area contributed by atoms with Crippen LogP contribution in [0.25, 0.3) is 11.2 Å². The van der Waals surface area contributed by atoms with Gasteiger partial charge in [-0.1, -0.05) is 29.8 Å². The van der Waals surface area contributed by atoms with Crippen molar-refractivity contribution >= 4 is 17.1 Å². The summed E-state index contributed by atoms with van der Waals surface area (Å²) in [6, 6.07) is 7.78. The van der Waals surface area contributed by atoms with Gasteiger partial charge in [0.15, 0.2) is 17.4 Å². The number of aromatic amines is 1. The Hall–Kier alpha value is -2.79. The van der Waals surface area contributed by atoms with Gasteiger partial charge in [0.1, 0.15) is 24.1 Å². The number of hydrogen-bond donors (Lipinski definition) is 5. The fourth-order valence-electron chi connectivity index (χ4n) is 3.42. The van der Waals surface area contributed by atoms with Crippen molar-refractivity contribution in [1.29, 1.82) is 0 Å². The van der Waals surface area contributed by atoms with Crippen molar-refractivity contribution in [2.24, 2.45) is 0 Å². The van der Waals surface area contributed by atoms with E-state index in [0.717, 1.165) is 11.1 Å². The van der Waals surface area contributed by atoms with Crippen LogP contribution in [0.2, 0.25) is 0 Å². The number of nitrogen functional groups attached to an aromatic ring is 1. The number of aryl methyl sites for hydroxylation is 1. The number of nitrogens with one attached hydrogen (secondary N) is 1. The highest BCUT2D eigenvalue weighted by molar-refractivity contribution is 5.72. The van der Waals surface area contributed by atoms with Crippen LogP contribution in [0.1, 0.15) is 23.2 Å². The van der Waals surface area contributed by atoms with Crippen LogP contribution in [-0.2, 0) is 11.2 Å². The van der Waals surface area contributed by atoms with Gasteiger partial charge < -0.3 is 25.8 Å². The van der Waals surface area contributed by atoms with Gasteiger partial charge in [-0.05, 0) is 12.5 Å². The summed E-state index contributed by atoms with van der Waals surface area (Å²) in [6.45, 7) is 1.51. The van der Waals surface area contributed by atoms with E-state index in [-0.39, 0.29) is 17.1 Å². The molecule has 0 spiro atoms. The third-order valence-electron chi connectivity index (χ3n) is 4.90. The molecule has 0 saturated carbocycles. The molecule has 1 aliphatic rings. The number of fused-ring (bicyclic) bond motifs is 1. The van der Waals surface area contributed by atoms with E-state index in [1.165, 1.54) is 4.57 Å². The highest BCUT2D eigenvalue weighted by Gasteiger charge is 2.45. The van der Waals surface area contributed by atoms with Gasteiger partial charge in [0.05, 0.1) is 6.61 Å². The molecule has 4 atom stereocenters. The van der Waals surface area contributed by atoms with Crippen molar-refractivity contribution in [3.05, 3.63) is 51.6 Å². The highest BCUT2D eigenvalue weighted by atomic mass is 16.6. The number of nitrogens with two attached hydrogens (primary N) is 1. The van der Waals surface area contributed by atoms with Gasteiger partial charge in [0.2, 0.25) is 5.95 Å². The number of aromatic nitrogens is 4. The fraction of sp³-hybridized carbons (Fsp3) is 0.389. The average molecular weight is 387 g/mol. The number of ether oxygens (including phenoxy) is 1. The third kappa shape index (κ3) is 3.06. The van der Waals surface area contributed by atoms with E-state index >= 15 is 0 Å². The lowest BCUT2D eigenvalue weighted by atomic mass is 10.1. The highest BCUT2D eigenvalue weighted by Crippen LogP contribution is 2.33. The number of rotatable bonds is 4. The Bertz CT molecular complexity index is 1060. The van der Waals surface area contributed by atoms with Crippen LogP contribution in [-0.4, -0.2) is 59.8 Å². The van der Waals surface area contributed by atoms with E-state index in [4.69, 9.17) is 10.5 Å². The number of nitrogens with zero attached hydrogens (tertiary/aromatic N) is 3. The first kappa shape index (κ1) is 18.6. The molecule has 4 rings (SSSR count). The van der Waals surface area contributed by atoms with Crippen LogP contribution >= 0.6 is 0 Å². The van der Waals surface area contributed by atoms with E-state index in [9.17, 15) is 20.1 Å². The fourth-order valence-corrected chi connectivity index (χ4v) is 3.42. The summed E-state index contributed by atoms with van der Waals surface area (Å²) in [5, 5.41) is 30.0.